The molecule has 0 N–H and O–H groups in total. The quantitative estimate of drug-likeness (QED) is 0.854. The topological polar surface area (TPSA) is 63.7 Å². The summed E-state index contributed by atoms with van der Waals surface area (Å²) in [5.41, 5.74) is 1.88. The molecule has 0 saturated carbocycles. The van der Waals surface area contributed by atoms with Crippen molar-refractivity contribution < 1.29 is 17.9 Å². The molecule has 1 unspecified atom stereocenters. The number of anilines is 1. The van der Waals surface area contributed by atoms with Gasteiger partial charge in [0.2, 0.25) is 5.91 Å². The zero-order valence-electron chi connectivity index (χ0n) is 13.6. The Hall–Kier alpha value is -2.34. The van der Waals surface area contributed by atoms with Gasteiger partial charge < -0.3 is 9.64 Å². The molecular formula is C18H19NO4S. The second-order valence-corrected chi connectivity index (χ2v) is 7.87. The first-order valence-corrected chi connectivity index (χ1v) is 9.34. The van der Waals surface area contributed by atoms with E-state index in [0.717, 1.165) is 17.7 Å². The van der Waals surface area contributed by atoms with E-state index < -0.39 is 21.5 Å². The molecule has 6 heteroatoms. The maximum atomic E-state index is 12.7. The molecule has 1 aliphatic rings. The number of sulfone groups is 1. The lowest BCUT2D eigenvalue weighted by atomic mass is 10.1. The minimum absolute atomic E-state index is 0.0408. The molecule has 0 spiro atoms. The van der Waals surface area contributed by atoms with Crippen molar-refractivity contribution in [3.05, 3.63) is 54.1 Å². The SMILES string of the molecule is COc1ccc(S(=O)(=O)CC(=O)N2c3ccccc3CC2C)cc1. The normalized spacial score (nSPS) is 16.8. The van der Waals surface area contributed by atoms with Crippen molar-refractivity contribution in [2.24, 2.45) is 0 Å². The Morgan fingerprint density at radius 3 is 2.50 bits per heavy atom. The maximum Gasteiger partial charge on any atom is 0.242 e. The second-order valence-electron chi connectivity index (χ2n) is 5.88. The van der Waals surface area contributed by atoms with Crippen molar-refractivity contribution in [2.75, 3.05) is 17.8 Å². The molecule has 1 aliphatic heterocycles. The van der Waals surface area contributed by atoms with Crippen molar-refractivity contribution in [3.8, 4) is 5.75 Å². The lowest BCUT2D eigenvalue weighted by molar-refractivity contribution is -0.116. The molecule has 0 aliphatic carbocycles. The Labute approximate surface area is 141 Å². The fourth-order valence-corrected chi connectivity index (χ4v) is 4.23. The van der Waals surface area contributed by atoms with Gasteiger partial charge in [0.05, 0.1) is 12.0 Å². The van der Waals surface area contributed by atoms with Gasteiger partial charge >= 0.3 is 0 Å². The van der Waals surface area contributed by atoms with Crippen LogP contribution in [0, 0.1) is 0 Å². The van der Waals surface area contributed by atoms with E-state index in [-0.39, 0.29) is 10.9 Å². The third kappa shape index (κ3) is 3.01. The average molecular weight is 345 g/mol. The number of hydrogen-bond donors (Lipinski definition) is 0. The van der Waals surface area contributed by atoms with Gasteiger partial charge in [-0.2, -0.15) is 0 Å². The second kappa shape index (κ2) is 6.28. The van der Waals surface area contributed by atoms with Gasteiger partial charge in [0, 0.05) is 11.7 Å². The Morgan fingerprint density at radius 2 is 1.83 bits per heavy atom. The van der Waals surface area contributed by atoms with Crippen LogP contribution in [0.15, 0.2) is 53.4 Å². The van der Waals surface area contributed by atoms with Crippen molar-refractivity contribution in [1.82, 2.24) is 0 Å². The summed E-state index contributed by atoms with van der Waals surface area (Å²) in [6.45, 7) is 1.93. The van der Waals surface area contributed by atoms with Crippen LogP contribution in [-0.2, 0) is 21.1 Å². The van der Waals surface area contributed by atoms with E-state index in [0.29, 0.717) is 5.75 Å². The first-order chi connectivity index (χ1) is 11.4. The molecule has 1 heterocycles. The molecule has 2 aromatic carbocycles. The van der Waals surface area contributed by atoms with Crippen LogP contribution in [0.25, 0.3) is 0 Å². The molecule has 2 aromatic rings. The number of ether oxygens (including phenoxy) is 1. The van der Waals surface area contributed by atoms with Crippen molar-refractivity contribution in [1.29, 1.82) is 0 Å². The summed E-state index contributed by atoms with van der Waals surface area (Å²) in [6.07, 6.45) is 0.741. The van der Waals surface area contributed by atoms with Crippen molar-refractivity contribution in [3.63, 3.8) is 0 Å². The smallest absolute Gasteiger partial charge is 0.242 e. The number of rotatable bonds is 4. The van der Waals surface area contributed by atoms with E-state index >= 15 is 0 Å². The molecule has 24 heavy (non-hydrogen) atoms. The first kappa shape index (κ1) is 16.5. The number of benzene rings is 2. The van der Waals surface area contributed by atoms with E-state index in [1.165, 1.54) is 19.2 Å². The Kier molecular flexibility index (Phi) is 4.32. The number of fused-ring (bicyclic) bond motifs is 1. The molecule has 0 bridgehead atoms. The van der Waals surface area contributed by atoms with Crippen LogP contribution < -0.4 is 9.64 Å². The number of carbonyl (C=O) groups is 1. The van der Waals surface area contributed by atoms with Gasteiger partial charge in [-0.1, -0.05) is 18.2 Å². The van der Waals surface area contributed by atoms with Gasteiger partial charge in [-0.3, -0.25) is 4.79 Å². The molecule has 1 atom stereocenters. The number of nitrogens with zero attached hydrogens (tertiary/aromatic N) is 1. The fraction of sp³-hybridized carbons (Fsp3) is 0.278. The zero-order chi connectivity index (χ0) is 17.3. The van der Waals surface area contributed by atoms with E-state index in [1.54, 1.807) is 17.0 Å². The van der Waals surface area contributed by atoms with Crippen molar-refractivity contribution >= 4 is 21.4 Å². The van der Waals surface area contributed by atoms with Crippen LogP contribution in [0.3, 0.4) is 0 Å². The van der Waals surface area contributed by atoms with Crippen LogP contribution in [-0.4, -0.2) is 33.2 Å². The van der Waals surface area contributed by atoms with E-state index in [9.17, 15) is 13.2 Å². The standard InChI is InChI=1S/C18H19NO4S/c1-13-11-14-5-3-4-6-17(14)19(13)18(20)12-24(21,22)16-9-7-15(23-2)8-10-16/h3-10,13H,11-12H2,1-2H3. The maximum absolute atomic E-state index is 12.7. The minimum atomic E-state index is -3.69. The third-order valence-corrected chi connectivity index (χ3v) is 5.83. The largest absolute Gasteiger partial charge is 0.497 e. The van der Waals surface area contributed by atoms with Crippen LogP contribution in [0.1, 0.15) is 12.5 Å². The van der Waals surface area contributed by atoms with Gasteiger partial charge in [0.1, 0.15) is 11.5 Å². The summed E-state index contributed by atoms with van der Waals surface area (Å²) in [7, 11) is -2.18. The number of carbonyl (C=O) groups excluding carboxylic acids is 1. The van der Waals surface area contributed by atoms with Gasteiger partial charge in [-0.25, -0.2) is 8.42 Å². The monoisotopic (exact) mass is 345 g/mol. The van der Waals surface area contributed by atoms with E-state index in [4.69, 9.17) is 4.74 Å². The summed E-state index contributed by atoms with van der Waals surface area (Å²) in [6, 6.07) is 13.6. The molecule has 126 valence electrons. The highest BCUT2D eigenvalue weighted by atomic mass is 32.2. The molecule has 3 rings (SSSR count). The molecule has 0 fully saturated rings. The van der Waals surface area contributed by atoms with E-state index in [2.05, 4.69) is 0 Å². The summed E-state index contributed by atoms with van der Waals surface area (Å²) >= 11 is 0. The first-order valence-electron chi connectivity index (χ1n) is 7.69. The molecular weight excluding hydrogens is 326 g/mol. The molecule has 5 nitrogen and oxygen atoms in total. The zero-order valence-corrected chi connectivity index (χ0v) is 14.4. The highest BCUT2D eigenvalue weighted by Gasteiger charge is 2.33. The number of para-hydroxylation sites is 1. The highest BCUT2D eigenvalue weighted by molar-refractivity contribution is 7.92. The van der Waals surface area contributed by atoms with Crippen LogP contribution in [0.4, 0.5) is 5.69 Å². The summed E-state index contributed by atoms with van der Waals surface area (Å²) < 4.78 is 30.1. The third-order valence-electron chi connectivity index (χ3n) is 4.21. The molecule has 0 radical (unpaired) electrons. The summed E-state index contributed by atoms with van der Waals surface area (Å²) in [5, 5.41) is 0. The minimum Gasteiger partial charge on any atom is -0.497 e. The predicted octanol–water partition coefficient (Wildman–Crippen LogP) is 2.45. The number of methoxy groups -OCH3 is 1. The van der Waals surface area contributed by atoms with Gasteiger partial charge in [0.15, 0.2) is 9.84 Å². The van der Waals surface area contributed by atoms with Crippen LogP contribution in [0.5, 0.6) is 5.75 Å². The number of amides is 1. The van der Waals surface area contributed by atoms with Crippen LogP contribution in [0.2, 0.25) is 0 Å². The molecule has 1 amide bonds. The predicted molar refractivity (Wildman–Crippen MR) is 92.1 cm³/mol. The fourth-order valence-electron chi connectivity index (χ4n) is 3.04. The highest BCUT2D eigenvalue weighted by Crippen LogP contribution is 2.32. The van der Waals surface area contributed by atoms with E-state index in [1.807, 2.05) is 31.2 Å². The Balaban J connectivity index is 1.83. The Morgan fingerprint density at radius 1 is 1.17 bits per heavy atom. The lowest BCUT2D eigenvalue weighted by Gasteiger charge is -2.22. The summed E-state index contributed by atoms with van der Waals surface area (Å²) in [5.74, 6) is -0.372. The number of hydrogen-bond acceptors (Lipinski definition) is 4. The average Bonchev–Trinajstić information content (AvgIpc) is 2.90. The Bertz CT molecular complexity index is 859. The lowest BCUT2D eigenvalue weighted by Crippen LogP contribution is -2.39. The van der Waals surface area contributed by atoms with Gasteiger partial charge in [-0.05, 0) is 49.2 Å². The van der Waals surface area contributed by atoms with Crippen molar-refractivity contribution in [2.45, 2.75) is 24.3 Å². The molecule has 0 saturated heterocycles. The molecule has 0 aromatic heterocycles. The summed E-state index contributed by atoms with van der Waals surface area (Å²) in [4.78, 5) is 14.4. The van der Waals surface area contributed by atoms with Crippen LogP contribution >= 0.6 is 0 Å². The van der Waals surface area contributed by atoms with Gasteiger partial charge in [-0.15, -0.1) is 0 Å². The van der Waals surface area contributed by atoms with Gasteiger partial charge in [0.25, 0.3) is 0 Å².